The van der Waals surface area contributed by atoms with Crippen LogP contribution in [0.4, 0.5) is 5.69 Å². The lowest BCUT2D eigenvalue weighted by atomic mass is 10.1. The van der Waals surface area contributed by atoms with Crippen LogP contribution in [-0.4, -0.2) is 44.2 Å². The Morgan fingerprint density at radius 1 is 1.40 bits per heavy atom. The first-order valence-electron chi connectivity index (χ1n) is 6.60. The second kappa shape index (κ2) is 8.54. The highest BCUT2D eigenvalue weighted by atomic mass is 16.5. The maximum absolute atomic E-state index is 9.85. The van der Waals surface area contributed by atoms with Crippen molar-refractivity contribution < 1.29 is 14.6 Å². The molecule has 0 aromatic heterocycles. The fraction of sp³-hybridized carbons (Fsp3) is 0.533. The summed E-state index contributed by atoms with van der Waals surface area (Å²) in [5.74, 6) is 0. The molecule has 0 amide bonds. The third kappa shape index (κ3) is 5.57. The number of anilines is 1. The number of hydrogen-bond donors (Lipinski definition) is 2. The fourth-order valence-electron chi connectivity index (χ4n) is 1.73. The minimum atomic E-state index is -0.612. The summed E-state index contributed by atoms with van der Waals surface area (Å²) < 4.78 is 10.4. The van der Waals surface area contributed by atoms with Crippen LogP contribution in [0.5, 0.6) is 0 Å². The molecule has 20 heavy (non-hydrogen) atoms. The lowest BCUT2D eigenvalue weighted by Gasteiger charge is -2.17. The highest BCUT2D eigenvalue weighted by Gasteiger charge is 2.09. The van der Waals surface area contributed by atoms with Gasteiger partial charge in [-0.2, -0.15) is 5.26 Å². The Kier molecular flexibility index (Phi) is 7.02. The van der Waals surface area contributed by atoms with Gasteiger partial charge in [0, 0.05) is 19.3 Å². The van der Waals surface area contributed by atoms with Gasteiger partial charge in [-0.1, -0.05) is 6.07 Å². The zero-order chi connectivity index (χ0) is 15.0. The molecule has 5 heteroatoms. The van der Waals surface area contributed by atoms with E-state index in [1.54, 1.807) is 19.2 Å². The second-order valence-corrected chi connectivity index (χ2v) is 4.78. The molecule has 0 aliphatic carbocycles. The summed E-state index contributed by atoms with van der Waals surface area (Å²) in [7, 11) is 1.61. The van der Waals surface area contributed by atoms with Crippen molar-refractivity contribution in [2.75, 3.05) is 32.2 Å². The molecule has 0 spiro atoms. The number of aliphatic hydroxyl groups is 1. The minimum Gasteiger partial charge on any atom is -0.389 e. The highest BCUT2D eigenvalue weighted by molar-refractivity contribution is 5.55. The maximum atomic E-state index is 9.85. The number of nitrogens with zero attached hydrogens (tertiary/aromatic N) is 1. The normalized spacial score (nSPS) is 13.6. The molecule has 1 aromatic rings. The molecule has 2 unspecified atom stereocenters. The van der Waals surface area contributed by atoms with E-state index in [-0.39, 0.29) is 12.7 Å². The van der Waals surface area contributed by atoms with E-state index < -0.39 is 6.10 Å². The first kappa shape index (κ1) is 16.4. The van der Waals surface area contributed by atoms with Crippen molar-refractivity contribution >= 4 is 5.69 Å². The maximum Gasteiger partial charge on any atom is 0.0992 e. The number of benzene rings is 1. The number of ether oxygens (including phenoxy) is 2. The molecular formula is C15H22N2O3. The van der Waals surface area contributed by atoms with Gasteiger partial charge in [0.25, 0.3) is 0 Å². The molecule has 0 bridgehead atoms. The van der Waals surface area contributed by atoms with Crippen molar-refractivity contribution in [3.05, 3.63) is 29.3 Å². The third-order valence-electron chi connectivity index (χ3n) is 2.87. The van der Waals surface area contributed by atoms with Crippen LogP contribution in [0, 0.1) is 18.3 Å². The summed E-state index contributed by atoms with van der Waals surface area (Å²) in [6.45, 7) is 4.96. The number of nitriles is 1. The van der Waals surface area contributed by atoms with Crippen LogP contribution in [0.3, 0.4) is 0 Å². The lowest BCUT2D eigenvalue weighted by molar-refractivity contribution is -0.0282. The molecule has 2 atom stereocenters. The van der Waals surface area contributed by atoms with E-state index in [9.17, 15) is 5.11 Å². The van der Waals surface area contributed by atoms with Gasteiger partial charge in [-0.3, -0.25) is 0 Å². The Bertz CT molecular complexity index is 457. The van der Waals surface area contributed by atoms with Gasteiger partial charge in [-0.15, -0.1) is 0 Å². The first-order chi connectivity index (χ1) is 9.56. The number of rotatable bonds is 8. The van der Waals surface area contributed by atoms with E-state index >= 15 is 0 Å². The SMILES string of the molecule is COCC(C)OCC(O)CNc1cc(C#N)ccc1C. The molecule has 0 fully saturated rings. The number of nitrogens with one attached hydrogen (secondary N) is 1. The summed E-state index contributed by atoms with van der Waals surface area (Å²) in [6, 6.07) is 7.52. The minimum absolute atomic E-state index is 0.0432. The Labute approximate surface area is 120 Å². The van der Waals surface area contributed by atoms with Crippen molar-refractivity contribution in [1.29, 1.82) is 5.26 Å². The van der Waals surface area contributed by atoms with Crippen molar-refractivity contribution in [3.63, 3.8) is 0 Å². The lowest BCUT2D eigenvalue weighted by Crippen LogP contribution is -2.28. The van der Waals surface area contributed by atoms with Gasteiger partial charge in [-0.05, 0) is 31.5 Å². The van der Waals surface area contributed by atoms with Crippen LogP contribution in [0.1, 0.15) is 18.1 Å². The van der Waals surface area contributed by atoms with Gasteiger partial charge >= 0.3 is 0 Å². The van der Waals surface area contributed by atoms with Crippen molar-refractivity contribution in [2.24, 2.45) is 0 Å². The van der Waals surface area contributed by atoms with Gasteiger partial charge in [0.2, 0.25) is 0 Å². The van der Waals surface area contributed by atoms with Gasteiger partial charge in [0.1, 0.15) is 0 Å². The summed E-state index contributed by atoms with van der Waals surface area (Å²) in [5.41, 5.74) is 2.48. The molecule has 0 aliphatic rings. The van der Waals surface area contributed by atoms with Crippen LogP contribution in [0.15, 0.2) is 18.2 Å². The van der Waals surface area contributed by atoms with E-state index in [0.717, 1.165) is 11.3 Å². The molecule has 0 aliphatic heterocycles. The largest absolute Gasteiger partial charge is 0.389 e. The Morgan fingerprint density at radius 2 is 2.15 bits per heavy atom. The summed E-state index contributed by atoms with van der Waals surface area (Å²) in [4.78, 5) is 0. The Balaban J connectivity index is 2.41. The zero-order valence-corrected chi connectivity index (χ0v) is 12.2. The Hall–Kier alpha value is -1.61. The zero-order valence-electron chi connectivity index (χ0n) is 12.2. The topological polar surface area (TPSA) is 74.5 Å². The predicted octanol–water partition coefficient (Wildman–Crippen LogP) is 1.69. The molecule has 2 N–H and O–H groups in total. The van der Waals surface area contributed by atoms with E-state index in [1.807, 2.05) is 19.9 Å². The van der Waals surface area contributed by atoms with Crippen molar-refractivity contribution in [3.8, 4) is 6.07 Å². The molecule has 0 saturated carbocycles. The summed E-state index contributed by atoms with van der Waals surface area (Å²) in [6.07, 6.45) is -0.655. The summed E-state index contributed by atoms with van der Waals surface area (Å²) >= 11 is 0. The van der Waals surface area contributed by atoms with Gasteiger partial charge in [-0.25, -0.2) is 0 Å². The highest BCUT2D eigenvalue weighted by Crippen LogP contribution is 2.16. The van der Waals surface area contributed by atoms with Crippen molar-refractivity contribution in [1.82, 2.24) is 0 Å². The quantitative estimate of drug-likeness (QED) is 0.757. The van der Waals surface area contributed by atoms with Gasteiger partial charge in [0.15, 0.2) is 0 Å². The van der Waals surface area contributed by atoms with E-state index in [4.69, 9.17) is 14.7 Å². The molecular weight excluding hydrogens is 256 g/mol. The van der Waals surface area contributed by atoms with Crippen LogP contribution in [-0.2, 0) is 9.47 Å². The monoisotopic (exact) mass is 278 g/mol. The molecule has 1 rings (SSSR count). The van der Waals surface area contributed by atoms with Crippen LogP contribution >= 0.6 is 0 Å². The molecule has 5 nitrogen and oxygen atoms in total. The predicted molar refractivity (Wildman–Crippen MR) is 77.7 cm³/mol. The van der Waals surface area contributed by atoms with Crippen LogP contribution in [0.2, 0.25) is 0 Å². The molecule has 0 saturated heterocycles. The van der Waals surface area contributed by atoms with Crippen LogP contribution < -0.4 is 5.32 Å². The second-order valence-electron chi connectivity index (χ2n) is 4.78. The standard InChI is InChI=1S/C15H22N2O3/c1-11-4-5-13(7-16)6-15(11)17-8-14(18)10-20-12(2)9-19-3/h4-6,12,14,17-18H,8-10H2,1-3H3. The van der Waals surface area contributed by atoms with E-state index in [1.165, 1.54) is 0 Å². The smallest absolute Gasteiger partial charge is 0.0992 e. The van der Waals surface area contributed by atoms with Crippen LogP contribution in [0.25, 0.3) is 0 Å². The average molecular weight is 278 g/mol. The number of hydrogen-bond acceptors (Lipinski definition) is 5. The van der Waals surface area contributed by atoms with Gasteiger partial charge in [0.05, 0.1) is 37.1 Å². The van der Waals surface area contributed by atoms with E-state index in [0.29, 0.717) is 18.7 Å². The average Bonchev–Trinajstić information content (AvgIpc) is 2.44. The van der Waals surface area contributed by atoms with Gasteiger partial charge < -0.3 is 19.9 Å². The first-order valence-corrected chi connectivity index (χ1v) is 6.60. The molecule has 1 aromatic carbocycles. The van der Waals surface area contributed by atoms with Crippen molar-refractivity contribution in [2.45, 2.75) is 26.1 Å². The number of aryl methyl sites for hydroxylation is 1. The third-order valence-corrected chi connectivity index (χ3v) is 2.87. The van der Waals surface area contributed by atoms with E-state index in [2.05, 4.69) is 11.4 Å². The number of methoxy groups -OCH3 is 1. The fourth-order valence-corrected chi connectivity index (χ4v) is 1.73. The summed E-state index contributed by atoms with van der Waals surface area (Å²) in [5, 5.41) is 21.8. The number of aliphatic hydroxyl groups excluding tert-OH is 1. The molecule has 0 radical (unpaired) electrons. The Morgan fingerprint density at radius 3 is 2.80 bits per heavy atom. The molecule has 110 valence electrons. The molecule has 0 heterocycles.